The predicted octanol–water partition coefficient (Wildman–Crippen LogP) is 1.43. The monoisotopic (exact) mass is 355 g/mol. The third-order valence-electron chi connectivity index (χ3n) is 3.96. The number of benzene rings is 1. The van der Waals surface area contributed by atoms with E-state index >= 15 is 0 Å². The minimum atomic E-state index is -0.530. The molecule has 1 saturated heterocycles. The molecule has 0 radical (unpaired) electrons. The molecule has 2 amide bonds. The summed E-state index contributed by atoms with van der Waals surface area (Å²) < 4.78 is 5.24. The molecule has 7 heteroatoms. The van der Waals surface area contributed by atoms with E-state index in [-0.39, 0.29) is 30.1 Å². The van der Waals surface area contributed by atoms with E-state index < -0.39 is 6.04 Å². The van der Waals surface area contributed by atoms with Crippen LogP contribution in [-0.4, -0.2) is 49.1 Å². The van der Waals surface area contributed by atoms with Crippen LogP contribution in [0.25, 0.3) is 0 Å². The molecule has 1 aromatic carbocycles. The minimum absolute atomic E-state index is 0. The molecule has 134 valence electrons. The average molecular weight is 356 g/mol. The SMILES string of the molecule is CC(C)C(N)C(=O)Nc1ccc(CC(=O)N2CCOCC2)cc1.Cl. The van der Waals surface area contributed by atoms with Crippen molar-refractivity contribution in [2.24, 2.45) is 11.7 Å². The van der Waals surface area contributed by atoms with Crippen molar-refractivity contribution < 1.29 is 14.3 Å². The topological polar surface area (TPSA) is 84.7 Å². The van der Waals surface area contributed by atoms with Crippen LogP contribution < -0.4 is 11.1 Å². The van der Waals surface area contributed by atoms with Crippen molar-refractivity contribution in [3.8, 4) is 0 Å². The molecular formula is C17H26ClN3O3. The Morgan fingerprint density at radius 2 is 1.79 bits per heavy atom. The summed E-state index contributed by atoms with van der Waals surface area (Å²) in [6.07, 6.45) is 0.361. The Bertz CT molecular complexity index is 543. The van der Waals surface area contributed by atoms with Crippen LogP contribution in [0.2, 0.25) is 0 Å². The van der Waals surface area contributed by atoms with E-state index in [1.165, 1.54) is 0 Å². The van der Waals surface area contributed by atoms with Gasteiger partial charge in [-0.25, -0.2) is 0 Å². The molecule has 24 heavy (non-hydrogen) atoms. The van der Waals surface area contributed by atoms with Gasteiger partial charge in [-0.2, -0.15) is 0 Å². The molecule has 1 aromatic rings. The fourth-order valence-electron chi connectivity index (χ4n) is 2.33. The van der Waals surface area contributed by atoms with Crippen molar-refractivity contribution in [1.29, 1.82) is 0 Å². The van der Waals surface area contributed by atoms with Crippen LogP contribution in [0.5, 0.6) is 0 Å². The molecule has 0 bridgehead atoms. The third-order valence-corrected chi connectivity index (χ3v) is 3.96. The first-order valence-corrected chi connectivity index (χ1v) is 7.98. The molecule has 1 unspecified atom stereocenters. The maximum atomic E-state index is 12.2. The summed E-state index contributed by atoms with van der Waals surface area (Å²) in [6.45, 7) is 6.33. The quantitative estimate of drug-likeness (QED) is 0.836. The zero-order chi connectivity index (χ0) is 16.8. The molecule has 1 fully saturated rings. The summed E-state index contributed by atoms with van der Waals surface area (Å²) in [4.78, 5) is 25.9. The first-order valence-electron chi connectivity index (χ1n) is 7.98. The number of carbonyl (C=O) groups excluding carboxylic acids is 2. The Hall–Kier alpha value is -1.63. The normalized spacial score (nSPS) is 15.6. The number of nitrogens with one attached hydrogen (secondary N) is 1. The van der Waals surface area contributed by atoms with Gasteiger partial charge >= 0.3 is 0 Å². The second-order valence-electron chi connectivity index (χ2n) is 6.13. The predicted molar refractivity (Wildman–Crippen MR) is 96.2 cm³/mol. The van der Waals surface area contributed by atoms with Crippen LogP contribution >= 0.6 is 12.4 Å². The van der Waals surface area contributed by atoms with Gasteiger partial charge < -0.3 is 20.7 Å². The van der Waals surface area contributed by atoms with Gasteiger partial charge in [-0.3, -0.25) is 9.59 Å². The highest BCUT2D eigenvalue weighted by atomic mass is 35.5. The van der Waals surface area contributed by atoms with Crippen molar-refractivity contribution in [3.05, 3.63) is 29.8 Å². The maximum absolute atomic E-state index is 12.2. The summed E-state index contributed by atoms with van der Waals surface area (Å²) in [5.74, 6) is -0.00974. The summed E-state index contributed by atoms with van der Waals surface area (Å²) in [5, 5.41) is 2.79. The summed E-state index contributed by atoms with van der Waals surface area (Å²) in [6, 6.07) is 6.78. The number of nitrogens with zero attached hydrogens (tertiary/aromatic N) is 1. The van der Waals surface area contributed by atoms with E-state index in [2.05, 4.69) is 5.32 Å². The van der Waals surface area contributed by atoms with Gasteiger partial charge in [0.1, 0.15) is 0 Å². The molecule has 0 saturated carbocycles. The molecule has 2 rings (SSSR count). The molecule has 1 heterocycles. The van der Waals surface area contributed by atoms with Gasteiger partial charge in [-0.15, -0.1) is 12.4 Å². The Balaban J connectivity index is 0.00000288. The summed E-state index contributed by atoms with van der Waals surface area (Å²) in [7, 11) is 0. The average Bonchev–Trinajstić information content (AvgIpc) is 2.56. The van der Waals surface area contributed by atoms with Crippen molar-refractivity contribution in [1.82, 2.24) is 4.90 Å². The molecule has 0 aromatic heterocycles. The Morgan fingerprint density at radius 3 is 2.33 bits per heavy atom. The van der Waals surface area contributed by atoms with Gasteiger partial charge in [0.05, 0.1) is 25.7 Å². The lowest BCUT2D eigenvalue weighted by Gasteiger charge is -2.26. The number of anilines is 1. The van der Waals surface area contributed by atoms with E-state index in [1.54, 1.807) is 12.1 Å². The number of carbonyl (C=O) groups is 2. The highest BCUT2D eigenvalue weighted by molar-refractivity contribution is 5.94. The molecule has 0 spiro atoms. The number of nitrogens with two attached hydrogens (primary N) is 1. The number of hydrogen-bond acceptors (Lipinski definition) is 4. The van der Waals surface area contributed by atoms with Crippen LogP contribution in [0.1, 0.15) is 19.4 Å². The van der Waals surface area contributed by atoms with E-state index in [0.717, 1.165) is 5.56 Å². The number of amides is 2. The fourth-order valence-corrected chi connectivity index (χ4v) is 2.33. The lowest BCUT2D eigenvalue weighted by atomic mass is 10.0. The number of hydrogen-bond donors (Lipinski definition) is 2. The number of ether oxygens (including phenoxy) is 1. The van der Waals surface area contributed by atoms with Crippen LogP contribution in [0.3, 0.4) is 0 Å². The second kappa shape index (κ2) is 9.61. The third kappa shape index (κ3) is 5.78. The largest absolute Gasteiger partial charge is 0.378 e. The van der Waals surface area contributed by atoms with Crippen LogP contribution in [0, 0.1) is 5.92 Å². The Morgan fingerprint density at radius 1 is 1.21 bits per heavy atom. The molecule has 1 aliphatic heterocycles. The highest BCUT2D eigenvalue weighted by Gasteiger charge is 2.18. The number of rotatable bonds is 5. The van der Waals surface area contributed by atoms with Crippen molar-refractivity contribution in [3.63, 3.8) is 0 Å². The van der Waals surface area contributed by atoms with Gasteiger partial charge in [-0.05, 0) is 23.6 Å². The van der Waals surface area contributed by atoms with E-state index in [4.69, 9.17) is 10.5 Å². The van der Waals surface area contributed by atoms with Gasteiger partial charge in [-0.1, -0.05) is 26.0 Å². The lowest BCUT2D eigenvalue weighted by molar-refractivity contribution is -0.134. The zero-order valence-corrected chi connectivity index (χ0v) is 15.0. The van der Waals surface area contributed by atoms with Crippen molar-refractivity contribution >= 4 is 29.9 Å². The first-order chi connectivity index (χ1) is 11.0. The summed E-state index contributed by atoms with van der Waals surface area (Å²) in [5.41, 5.74) is 7.43. The second-order valence-corrected chi connectivity index (χ2v) is 6.13. The number of halogens is 1. The molecular weight excluding hydrogens is 330 g/mol. The zero-order valence-electron chi connectivity index (χ0n) is 14.2. The van der Waals surface area contributed by atoms with E-state index in [0.29, 0.717) is 38.4 Å². The molecule has 6 nitrogen and oxygen atoms in total. The molecule has 1 atom stereocenters. The van der Waals surface area contributed by atoms with Gasteiger partial charge in [0, 0.05) is 18.8 Å². The summed E-state index contributed by atoms with van der Waals surface area (Å²) >= 11 is 0. The maximum Gasteiger partial charge on any atom is 0.241 e. The van der Waals surface area contributed by atoms with E-state index in [9.17, 15) is 9.59 Å². The molecule has 3 N–H and O–H groups in total. The van der Waals surface area contributed by atoms with Gasteiger partial charge in [0.25, 0.3) is 0 Å². The fraction of sp³-hybridized carbons (Fsp3) is 0.529. The van der Waals surface area contributed by atoms with E-state index in [1.807, 2.05) is 30.9 Å². The standard InChI is InChI=1S/C17H25N3O3.ClH/c1-12(2)16(18)17(22)19-14-5-3-13(4-6-14)11-15(21)20-7-9-23-10-8-20;/h3-6,12,16H,7-11,18H2,1-2H3,(H,19,22);1H. The lowest BCUT2D eigenvalue weighted by Crippen LogP contribution is -2.41. The van der Waals surface area contributed by atoms with Crippen LogP contribution in [-0.2, 0) is 20.7 Å². The first kappa shape index (κ1) is 20.4. The Kier molecular flexibility index (Phi) is 8.18. The number of morpholine rings is 1. The highest BCUT2D eigenvalue weighted by Crippen LogP contribution is 2.12. The Labute approximate surface area is 149 Å². The minimum Gasteiger partial charge on any atom is -0.378 e. The molecule has 1 aliphatic rings. The van der Waals surface area contributed by atoms with Gasteiger partial charge in [0.15, 0.2) is 0 Å². The smallest absolute Gasteiger partial charge is 0.241 e. The van der Waals surface area contributed by atoms with Gasteiger partial charge in [0.2, 0.25) is 11.8 Å². The molecule has 0 aliphatic carbocycles. The van der Waals surface area contributed by atoms with Crippen molar-refractivity contribution in [2.45, 2.75) is 26.3 Å². The van der Waals surface area contributed by atoms with Crippen LogP contribution in [0.15, 0.2) is 24.3 Å². The van der Waals surface area contributed by atoms with Crippen LogP contribution in [0.4, 0.5) is 5.69 Å². The van der Waals surface area contributed by atoms with Crippen molar-refractivity contribution in [2.75, 3.05) is 31.6 Å².